The van der Waals surface area contributed by atoms with E-state index in [1.165, 1.54) is 0 Å². The van der Waals surface area contributed by atoms with Gasteiger partial charge in [0.15, 0.2) is 5.11 Å². The van der Waals surface area contributed by atoms with Crippen molar-refractivity contribution in [1.82, 2.24) is 10.2 Å². The monoisotopic (exact) mass is 501 g/mol. The first-order valence-electron chi connectivity index (χ1n) is 12.1. The van der Waals surface area contributed by atoms with Crippen molar-refractivity contribution < 1.29 is 14.3 Å². The van der Waals surface area contributed by atoms with Crippen molar-refractivity contribution in [2.24, 2.45) is 5.92 Å². The number of esters is 1. The summed E-state index contributed by atoms with van der Waals surface area (Å²) in [5.41, 5.74) is 3.46. The van der Waals surface area contributed by atoms with Crippen LogP contribution in [0.25, 0.3) is 10.8 Å². The zero-order chi connectivity index (χ0) is 25.8. The van der Waals surface area contributed by atoms with Gasteiger partial charge in [0.05, 0.1) is 18.2 Å². The van der Waals surface area contributed by atoms with Crippen molar-refractivity contribution in [2.75, 3.05) is 18.5 Å². The van der Waals surface area contributed by atoms with E-state index in [2.05, 4.69) is 10.6 Å². The predicted molar refractivity (Wildman–Crippen MR) is 148 cm³/mol. The van der Waals surface area contributed by atoms with Crippen molar-refractivity contribution in [3.8, 4) is 0 Å². The third-order valence-electron chi connectivity index (χ3n) is 6.22. The molecule has 186 valence electrons. The van der Waals surface area contributed by atoms with Crippen LogP contribution in [0, 0.1) is 5.92 Å². The molecule has 0 fully saturated rings. The Hall–Kier alpha value is -3.71. The second-order valence-electron chi connectivity index (χ2n) is 9.22. The Labute approximate surface area is 217 Å². The minimum absolute atomic E-state index is 0.177. The van der Waals surface area contributed by atoms with Crippen LogP contribution in [-0.4, -0.2) is 35.0 Å². The quantitative estimate of drug-likeness (QED) is 0.314. The van der Waals surface area contributed by atoms with Gasteiger partial charge in [-0.15, -0.1) is 0 Å². The molecule has 36 heavy (non-hydrogen) atoms. The molecule has 1 atom stereocenters. The van der Waals surface area contributed by atoms with E-state index in [1.807, 2.05) is 99.3 Å². The van der Waals surface area contributed by atoms with Crippen molar-refractivity contribution in [2.45, 2.75) is 33.7 Å². The number of carbonyl (C=O) groups is 2. The summed E-state index contributed by atoms with van der Waals surface area (Å²) in [6.45, 7) is 8.88. The van der Waals surface area contributed by atoms with E-state index in [1.54, 1.807) is 0 Å². The van der Waals surface area contributed by atoms with Gasteiger partial charge in [-0.1, -0.05) is 62.4 Å². The number of anilines is 1. The minimum atomic E-state index is -0.442. The molecule has 0 radical (unpaired) electrons. The molecule has 6 nitrogen and oxygen atoms in total. The Morgan fingerprint density at radius 2 is 1.75 bits per heavy atom. The van der Waals surface area contributed by atoms with Crippen molar-refractivity contribution >= 4 is 45.7 Å². The molecule has 1 aliphatic heterocycles. The van der Waals surface area contributed by atoms with Crippen molar-refractivity contribution in [3.63, 3.8) is 0 Å². The lowest BCUT2D eigenvalue weighted by molar-refractivity contribution is -0.140. The van der Waals surface area contributed by atoms with Crippen LogP contribution >= 0.6 is 12.2 Å². The molecule has 0 bridgehead atoms. The molecule has 3 aromatic rings. The van der Waals surface area contributed by atoms with Crippen LogP contribution in [0.4, 0.5) is 5.69 Å². The number of ether oxygens (including phenoxy) is 1. The van der Waals surface area contributed by atoms with Crippen LogP contribution < -0.4 is 10.6 Å². The molecule has 2 N–H and O–H groups in total. The van der Waals surface area contributed by atoms with E-state index in [4.69, 9.17) is 17.0 Å². The van der Waals surface area contributed by atoms with Crippen LogP contribution in [0.5, 0.6) is 0 Å². The SMILES string of the molecule is CCN1C(=S)NC(c2ccc(NC(=O)c3cccc4ccccc34)cc2)C(C(=O)OCC(C)C)=C1C. The molecule has 1 heterocycles. The number of thiocarbonyl (C=S) groups is 1. The van der Waals surface area contributed by atoms with E-state index < -0.39 is 6.04 Å². The van der Waals surface area contributed by atoms with Gasteiger partial charge >= 0.3 is 5.97 Å². The minimum Gasteiger partial charge on any atom is -0.462 e. The molecule has 4 rings (SSSR count). The van der Waals surface area contributed by atoms with Crippen molar-refractivity contribution in [3.05, 3.63) is 89.1 Å². The number of fused-ring (bicyclic) bond motifs is 1. The van der Waals surface area contributed by atoms with E-state index in [0.29, 0.717) is 35.1 Å². The maximum atomic E-state index is 13.1. The summed E-state index contributed by atoms with van der Waals surface area (Å²) < 4.78 is 5.59. The molecule has 0 aliphatic carbocycles. The molecule has 1 aliphatic rings. The zero-order valence-electron chi connectivity index (χ0n) is 21.0. The first kappa shape index (κ1) is 25.4. The normalized spacial score (nSPS) is 15.8. The van der Waals surface area contributed by atoms with Crippen molar-refractivity contribution in [1.29, 1.82) is 0 Å². The topological polar surface area (TPSA) is 70.7 Å². The van der Waals surface area contributed by atoms with Crippen LogP contribution in [0.2, 0.25) is 0 Å². The number of allylic oxidation sites excluding steroid dienone is 1. The molecule has 0 aromatic heterocycles. The molecule has 1 amide bonds. The van der Waals surface area contributed by atoms with Gasteiger partial charge in [-0.05, 0) is 66.5 Å². The highest BCUT2D eigenvalue weighted by molar-refractivity contribution is 7.80. The van der Waals surface area contributed by atoms with Crippen LogP contribution in [0.1, 0.15) is 49.7 Å². The van der Waals surface area contributed by atoms with Gasteiger partial charge in [-0.2, -0.15) is 0 Å². The highest BCUT2D eigenvalue weighted by Crippen LogP contribution is 2.32. The van der Waals surface area contributed by atoms with Gasteiger partial charge < -0.3 is 20.3 Å². The third-order valence-corrected chi connectivity index (χ3v) is 6.55. The molecule has 0 saturated carbocycles. The fraction of sp³-hybridized carbons (Fsp3) is 0.276. The summed E-state index contributed by atoms with van der Waals surface area (Å²) in [6.07, 6.45) is 0. The summed E-state index contributed by atoms with van der Waals surface area (Å²) in [5, 5.41) is 8.76. The second kappa shape index (κ2) is 10.9. The van der Waals surface area contributed by atoms with Crippen LogP contribution in [-0.2, 0) is 9.53 Å². The number of nitrogens with zero attached hydrogens (tertiary/aromatic N) is 1. The average molecular weight is 502 g/mol. The van der Waals surface area contributed by atoms with Crippen LogP contribution in [0.15, 0.2) is 78.0 Å². The number of hydrogen-bond donors (Lipinski definition) is 2. The molecule has 1 unspecified atom stereocenters. The van der Waals surface area contributed by atoms with Gasteiger partial charge in [0.2, 0.25) is 0 Å². The Morgan fingerprint density at radius 1 is 1.06 bits per heavy atom. The molecule has 3 aromatic carbocycles. The number of amides is 1. The summed E-state index contributed by atoms with van der Waals surface area (Å²) >= 11 is 5.57. The fourth-order valence-electron chi connectivity index (χ4n) is 4.38. The molecule has 7 heteroatoms. The molecule has 0 saturated heterocycles. The smallest absolute Gasteiger partial charge is 0.338 e. The lowest BCUT2D eigenvalue weighted by atomic mass is 9.94. The standard InChI is InChI=1S/C29H31N3O3S/c1-5-32-19(4)25(28(34)35-17-18(2)3)26(31-29(32)36)21-13-15-22(16-14-21)30-27(33)24-12-8-10-20-9-6-7-11-23(20)24/h6-16,18,26H,5,17H2,1-4H3,(H,30,33)(H,31,36). The maximum Gasteiger partial charge on any atom is 0.338 e. The van der Waals surface area contributed by atoms with Gasteiger partial charge in [0, 0.05) is 23.5 Å². The van der Waals surface area contributed by atoms with E-state index in [0.717, 1.165) is 22.0 Å². The molecule has 0 spiro atoms. The number of hydrogen-bond acceptors (Lipinski definition) is 4. The maximum absolute atomic E-state index is 13.1. The fourth-order valence-corrected chi connectivity index (χ4v) is 4.76. The summed E-state index contributed by atoms with van der Waals surface area (Å²) in [6, 6.07) is 20.5. The average Bonchev–Trinajstić information content (AvgIpc) is 2.87. The highest BCUT2D eigenvalue weighted by Gasteiger charge is 2.34. The third kappa shape index (κ3) is 5.26. The molecular weight excluding hydrogens is 470 g/mol. The Balaban J connectivity index is 1.58. The number of nitrogens with one attached hydrogen (secondary N) is 2. The zero-order valence-corrected chi connectivity index (χ0v) is 21.8. The van der Waals surface area contributed by atoms with Gasteiger partial charge in [-0.25, -0.2) is 4.79 Å². The highest BCUT2D eigenvalue weighted by atomic mass is 32.1. The summed E-state index contributed by atoms with van der Waals surface area (Å²) in [5.74, 6) is -0.297. The lowest BCUT2D eigenvalue weighted by Crippen LogP contribution is -2.47. The Kier molecular flexibility index (Phi) is 7.70. The van der Waals surface area contributed by atoms with E-state index in [-0.39, 0.29) is 17.8 Å². The van der Waals surface area contributed by atoms with Gasteiger partial charge in [-0.3, -0.25) is 4.79 Å². The summed E-state index contributed by atoms with van der Waals surface area (Å²) in [4.78, 5) is 28.0. The summed E-state index contributed by atoms with van der Waals surface area (Å²) in [7, 11) is 0. The predicted octanol–water partition coefficient (Wildman–Crippen LogP) is 5.82. The first-order valence-corrected chi connectivity index (χ1v) is 12.6. The van der Waals surface area contributed by atoms with Gasteiger partial charge in [0.25, 0.3) is 5.91 Å². The Morgan fingerprint density at radius 3 is 2.44 bits per heavy atom. The van der Waals surface area contributed by atoms with E-state index >= 15 is 0 Å². The van der Waals surface area contributed by atoms with E-state index in [9.17, 15) is 9.59 Å². The number of benzene rings is 3. The largest absolute Gasteiger partial charge is 0.462 e. The number of rotatable bonds is 7. The van der Waals surface area contributed by atoms with Crippen LogP contribution in [0.3, 0.4) is 0 Å². The Bertz CT molecular complexity index is 1330. The van der Waals surface area contributed by atoms with Gasteiger partial charge in [0.1, 0.15) is 0 Å². The number of carbonyl (C=O) groups excluding carboxylic acids is 2. The second-order valence-corrected chi connectivity index (χ2v) is 9.61. The first-order chi connectivity index (χ1) is 17.3. The molecular formula is C29H31N3O3S. The lowest BCUT2D eigenvalue weighted by Gasteiger charge is -2.37.